The zero-order chi connectivity index (χ0) is 96.8. The first kappa shape index (κ1) is 83.4. The number of furan rings is 1. The van der Waals surface area contributed by atoms with Crippen molar-refractivity contribution in [1.82, 2.24) is 43.6 Å². The highest BCUT2D eigenvalue weighted by atomic mass is 32.1. The molecule has 22 aromatic carbocycles. The number of aryl methyl sites for hydroxylation is 1. The summed E-state index contributed by atoms with van der Waals surface area (Å²) < 4.78 is 23.7. The topological polar surface area (TPSA) is 105 Å². The molecule has 0 unspecified atom stereocenters. The van der Waals surface area contributed by atoms with E-state index in [4.69, 9.17) is 34.3 Å². The van der Waals surface area contributed by atoms with E-state index >= 15 is 0 Å². The summed E-state index contributed by atoms with van der Waals surface area (Å²) in [6.07, 6.45) is 0. The monoisotopic (exact) mass is 1970 g/mol. The zero-order valence-electron chi connectivity index (χ0n) is 79.0. The van der Waals surface area contributed by atoms with E-state index in [-0.39, 0.29) is 0 Å². The van der Waals surface area contributed by atoms with E-state index in [1.54, 1.807) is 22.7 Å². The molecule has 0 saturated heterocycles. The highest BCUT2D eigenvalue weighted by Gasteiger charge is 2.32. The summed E-state index contributed by atoms with van der Waals surface area (Å²) in [5.74, 6) is 1.66. The van der Waals surface area contributed by atoms with Crippen molar-refractivity contribution in [1.29, 1.82) is 0 Å². The van der Waals surface area contributed by atoms with Crippen LogP contribution in [-0.4, -0.2) is 43.6 Å². The van der Waals surface area contributed by atoms with Gasteiger partial charge in [0.15, 0.2) is 11.6 Å². The minimum Gasteiger partial charge on any atom is -0.436 e. The van der Waals surface area contributed by atoms with Crippen LogP contribution in [0.5, 0.6) is 0 Å². The normalized spacial score (nSPS) is 12.2. The van der Waals surface area contributed by atoms with Gasteiger partial charge in [-0.25, -0.2) is 29.9 Å². The lowest BCUT2D eigenvalue weighted by Gasteiger charge is -2.14. The predicted molar refractivity (Wildman–Crippen MR) is 632 cm³/mol. The average Bonchev–Trinajstić information content (AvgIpc) is 1.54. The Morgan fingerprint density at radius 3 is 0.986 bits per heavy atom. The highest BCUT2D eigenvalue weighted by molar-refractivity contribution is 7.28. The molecule has 0 atom stereocenters. The van der Waals surface area contributed by atoms with Crippen molar-refractivity contribution < 1.29 is 4.42 Å². The molecule has 0 bridgehead atoms. The van der Waals surface area contributed by atoms with Crippen molar-refractivity contribution in [3.8, 4) is 62.4 Å². The fourth-order valence-electron chi connectivity index (χ4n) is 23.6. The number of benzene rings is 22. The van der Waals surface area contributed by atoms with Crippen molar-refractivity contribution in [2.75, 3.05) is 0 Å². The van der Waals surface area contributed by atoms with Gasteiger partial charge in [0, 0.05) is 132 Å². The summed E-state index contributed by atoms with van der Waals surface area (Å²) in [6, 6.07) is 157. The van der Waals surface area contributed by atoms with Crippen molar-refractivity contribution in [2.45, 2.75) is 6.92 Å². The van der Waals surface area contributed by atoms with E-state index in [1.165, 1.54) is 189 Å². The van der Waals surface area contributed by atoms with Crippen LogP contribution in [0.2, 0.25) is 0 Å². The van der Waals surface area contributed by atoms with Crippen molar-refractivity contribution in [2.24, 2.45) is 0 Å². The predicted octanol–water partition coefficient (Wildman–Crippen LogP) is 38.4. The average molecular weight is 1980 g/mol. The number of thiophene rings is 5. The van der Waals surface area contributed by atoms with E-state index in [0.29, 0.717) is 5.71 Å². The lowest BCUT2D eigenvalue weighted by atomic mass is 9.98. The molecule has 0 aliphatic carbocycles. The molecule has 0 aliphatic rings. The third-order valence-corrected chi connectivity index (χ3v) is 35.8. The molecule has 34 aromatic rings. The van der Waals surface area contributed by atoms with Crippen LogP contribution in [0.15, 0.2) is 441 Å². The molecular formula is C133H75N9OS5. The molecule has 688 valence electrons. The lowest BCUT2D eigenvalue weighted by molar-refractivity contribution is 0.653. The maximum atomic E-state index is 6.29. The van der Waals surface area contributed by atoms with E-state index in [0.717, 1.165) is 127 Å². The lowest BCUT2D eigenvalue weighted by Crippen LogP contribution is -2.03. The number of fused-ring (bicyclic) bond motifs is 42. The molecule has 15 heteroatoms. The third-order valence-electron chi connectivity index (χ3n) is 30.2. The SMILES string of the molecule is Cc1ccc(-c2nc3c(nc2-n2c4ccccc4c4c5ccccc5c5c6cc7ccccc7cc6sc5c42)sc2ccccc23)cc1.c1ccc(-c2nc3c(nc2-c2ccc(-n4c5ccccc5c5c6ccccc6c6c7cc8ccccc8cc7sc6c54)cc2)sc2ccccc23)cc1.c1ccc(-c2nc3oc4ccccc4c3nc2-n2c3ccccc3c3c4ccccc4c4c5cc6ccccc6cc5sc4c32)cc1. The van der Waals surface area contributed by atoms with Crippen molar-refractivity contribution >= 4 is 310 Å². The Kier molecular flexibility index (Phi) is 18.3. The van der Waals surface area contributed by atoms with Gasteiger partial charge < -0.3 is 8.98 Å². The smallest absolute Gasteiger partial charge is 0.247 e. The Morgan fingerprint density at radius 2 is 0.527 bits per heavy atom. The summed E-state index contributed by atoms with van der Waals surface area (Å²) in [5.41, 5.74) is 21.0. The van der Waals surface area contributed by atoms with Crippen LogP contribution < -0.4 is 0 Å². The number of nitrogens with zero attached hydrogens (tertiary/aromatic N) is 9. The molecule has 0 spiro atoms. The van der Waals surface area contributed by atoms with Gasteiger partial charge in [-0.05, 0) is 163 Å². The fraction of sp³-hybridized carbons (Fsp3) is 0.00752. The van der Waals surface area contributed by atoms with E-state index < -0.39 is 0 Å². The van der Waals surface area contributed by atoms with Crippen LogP contribution in [0.25, 0.3) is 316 Å². The standard InChI is InChI=1S/C48H27N3S2.C43H25N3S2.C42H23N3OS/c1-2-12-28(13-3-1)43-44(50-48-45(49-43)36-19-9-11-21-39(36)53-48)29-22-24-32(25-23-29)51-38-20-10-8-18-35(38)41-33-16-6-7-17-34(33)42-37-26-30-14-4-5-15-31(30)27-40(37)52-47(42)46(41)51;1-24-18-20-25(21-19-24)38-42(45-43-39(44-38)31-15-7-9-17-34(31)48-43)46-33-16-8-6-14-30(33)36-28-12-4-5-13-29(28)37-32-22-26-10-2-3-11-27(26)23-35(32)47-41(37)40(36)46;1-2-12-24(13-3-1)37-41(43-38-30-19-9-11-21-33(30)46-42(38)44-37)45-32-20-10-8-18-29(32)35-27-16-6-7-17-28(27)36-31-22-25-14-4-5-15-26(25)23-34(31)47-40(36)39(35)45/h1-27H;2-23H,1H3;1-23H. The summed E-state index contributed by atoms with van der Waals surface area (Å²) in [4.78, 5) is 34.3. The van der Waals surface area contributed by atoms with Crippen LogP contribution in [0, 0.1) is 6.92 Å². The molecule has 12 aromatic heterocycles. The van der Waals surface area contributed by atoms with Crippen molar-refractivity contribution in [3.63, 3.8) is 0 Å². The Hall–Kier alpha value is -18.1. The first-order valence-corrected chi connectivity index (χ1v) is 53.8. The summed E-state index contributed by atoms with van der Waals surface area (Å²) in [6.45, 7) is 2.13. The van der Waals surface area contributed by atoms with Crippen LogP contribution in [0.1, 0.15) is 5.56 Å². The highest BCUT2D eigenvalue weighted by Crippen LogP contribution is 2.55. The Balaban J connectivity index is 0.0000000986. The van der Waals surface area contributed by atoms with Gasteiger partial charge in [-0.15, -0.1) is 56.7 Å². The van der Waals surface area contributed by atoms with Crippen LogP contribution in [-0.2, 0) is 0 Å². The largest absolute Gasteiger partial charge is 0.436 e. The zero-order valence-corrected chi connectivity index (χ0v) is 83.1. The van der Waals surface area contributed by atoms with Crippen LogP contribution >= 0.6 is 56.7 Å². The van der Waals surface area contributed by atoms with Gasteiger partial charge >= 0.3 is 0 Å². The van der Waals surface area contributed by atoms with Gasteiger partial charge in [0.25, 0.3) is 0 Å². The number of hydrogen-bond acceptors (Lipinski definition) is 12. The Labute approximate surface area is 862 Å². The first-order valence-electron chi connectivity index (χ1n) is 49.8. The molecule has 0 saturated carbocycles. The third kappa shape index (κ3) is 12.5. The quantitative estimate of drug-likeness (QED) is 0.156. The molecule has 0 aliphatic heterocycles. The molecule has 10 nitrogen and oxygen atoms in total. The Morgan fingerprint density at radius 1 is 0.209 bits per heavy atom. The van der Waals surface area contributed by atoms with Crippen LogP contribution in [0.3, 0.4) is 0 Å². The fourth-order valence-corrected chi connectivity index (χ4v) is 29.5. The molecule has 148 heavy (non-hydrogen) atoms. The minimum absolute atomic E-state index is 0.540. The summed E-state index contributed by atoms with van der Waals surface area (Å²) in [7, 11) is 0. The number of aromatic nitrogens is 9. The van der Waals surface area contributed by atoms with Gasteiger partial charge in [-0.3, -0.25) is 9.13 Å². The van der Waals surface area contributed by atoms with E-state index in [2.05, 4.69) is 433 Å². The Bertz CT molecular complexity index is 11700. The summed E-state index contributed by atoms with van der Waals surface area (Å²) in [5, 5.41) is 33.8. The maximum Gasteiger partial charge on any atom is 0.247 e. The van der Waals surface area contributed by atoms with E-state index in [1.807, 2.05) is 58.3 Å². The van der Waals surface area contributed by atoms with Gasteiger partial charge in [0.1, 0.15) is 43.2 Å². The van der Waals surface area contributed by atoms with E-state index in [9.17, 15) is 0 Å². The molecule has 0 radical (unpaired) electrons. The minimum atomic E-state index is 0.540. The number of para-hydroxylation sites is 4. The molecular weight excluding hydrogens is 1900 g/mol. The van der Waals surface area contributed by atoms with Gasteiger partial charge in [0.2, 0.25) is 5.71 Å². The van der Waals surface area contributed by atoms with Gasteiger partial charge in [0.05, 0.1) is 58.6 Å². The molecule has 0 fully saturated rings. The second-order valence-corrected chi connectivity index (χ2v) is 43.7. The number of hydrogen-bond donors (Lipinski definition) is 0. The summed E-state index contributed by atoms with van der Waals surface area (Å²) >= 11 is 9.09. The first-order chi connectivity index (χ1) is 73.3. The molecule has 34 rings (SSSR count). The second kappa shape index (κ2) is 32.5. The molecule has 0 N–H and O–H groups in total. The maximum absolute atomic E-state index is 6.29. The molecule has 12 heterocycles. The second-order valence-electron chi connectivity index (χ2n) is 38.5. The molecule has 0 amide bonds. The van der Waals surface area contributed by atoms with Crippen LogP contribution in [0.4, 0.5) is 0 Å². The number of rotatable bonds is 7. The van der Waals surface area contributed by atoms with Crippen molar-refractivity contribution in [3.05, 3.63) is 442 Å². The van der Waals surface area contributed by atoms with Gasteiger partial charge in [-0.1, -0.05) is 351 Å². The van der Waals surface area contributed by atoms with Gasteiger partial charge in [-0.2, -0.15) is 0 Å².